The summed E-state index contributed by atoms with van der Waals surface area (Å²) in [6, 6.07) is 4.77. The maximum Gasteiger partial charge on any atom is 0.253 e. The van der Waals surface area contributed by atoms with E-state index in [2.05, 4.69) is 36.8 Å². The zero-order valence-electron chi connectivity index (χ0n) is 11.3. The minimum Gasteiger partial charge on any atom is -0.348 e. The minimum absolute atomic E-state index is 0.0209. The van der Waals surface area contributed by atoms with Crippen LogP contribution >= 0.6 is 15.9 Å². The van der Waals surface area contributed by atoms with Gasteiger partial charge in [-0.2, -0.15) is 4.68 Å². The maximum atomic E-state index is 12.5. The summed E-state index contributed by atoms with van der Waals surface area (Å²) in [5, 5.41) is 13.6. The van der Waals surface area contributed by atoms with Crippen LogP contribution in [0.2, 0.25) is 0 Å². The Hall–Kier alpha value is -1.81. The largest absolute Gasteiger partial charge is 0.348 e. The lowest BCUT2D eigenvalue weighted by atomic mass is 10.1. The topological polar surface area (TPSA) is 107 Å². The maximum absolute atomic E-state index is 12.5. The summed E-state index contributed by atoms with van der Waals surface area (Å²) < 4.78 is 25.1. The van der Waals surface area contributed by atoms with Crippen molar-refractivity contribution in [3.8, 4) is 5.69 Å². The van der Waals surface area contributed by atoms with E-state index in [9.17, 15) is 13.2 Å². The molecule has 1 aromatic carbocycles. The van der Waals surface area contributed by atoms with Crippen molar-refractivity contribution in [2.75, 3.05) is 11.5 Å². The van der Waals surface area contributed by atoms with Gasteiger partial charge in [-0.05, 0) is 35.0 Å². The second-order valence-electron chi connectivity index (χ2n) is 4.99. The number of aromatic nitrogens is 4. The Balaban J connectivity index is 1.87. The predicted octanol–water partition coefficient (Wildman–Crippen LogP) is 0.342. The molecule has 116 valence electrons. The Morgan fingerprint density at radius 3 is 2.86 bits per heavy atom. The third-order valence-electron chi connectivity index (χ3n) is 3.37. The van der Waals surface area contributed by atoms with E-state index in [1.807, 2.05) is 0 Å². The molecule has 0 radical (unpaired) electrons. The van der Waals surface area contributed by atoms with Crippen molar-refractivity contribution < 1.29 is 13.2 Å². The molecule has 0 bridgehead atoms. The average Bonchev–Trinajstić information content (AvgIpc) is 3.08. The number of hydrogen-bond acceptors (Lipinski definition) is 6. The van der Waals surface area contributed by atoms with Crippen LogP contribution < -0.4 is 5.32 Å². The molecule has 1 N–H and O–H groups in total. The van der Waals surface area contributed by atoms with Crippen LogP contribution in [0.5, 0.6) is 0 Å². The number of carbonyl (C=O) groups excluding carboxylic acids is 1. The molecule has 1 aliphatic heterocycles. The fourth-order valence-electron chi connectivity index (χ4n) is 2.33. The van der Waals surface area contributed by atoms with Gasteiger partial charge in [0, 0.05) is 10.5 Å². The van der Waals surface area contributed by atoms with Crippen LogP contribution in [0.4, 0.5) is 0 Å². The highest BCUT2D eigenvalue weighted by Gasteiger charge is 2.29. The van der Waals surface area contributed by atoms with E-state index in [-0.39, 0.29) is 23.5 Å². The third kappa shape index (κ3) is 3.17. The van der Waals surface area contributed by atoms with Crippen LogP contribution in [0.25, 0.3) is 5.69 Å². The lowest BCUT2D eigenvalue weighted by molar-refractivity contribution is 0.0941. The standard InChI is InChI=1S/C12H12BrN5O3S/c13-8-1-2-11(18-7-14-16-17-18)10(5-8)12(19)15-9-3-4-22(20,21)6-9/h1-2,5,7,9H,3-4,6H2,(H,15,19)/t9-/m1/s1. The highest BCUT2D eigenvalue weighted by molar-refractivity contribution is 9.10. The van der Waals surface area contributed by atoms with Gasteiger partial charge < -0.3 is 5.32 Å². The Morgan fingerprint density at radius 1 is 1.41 bits per heavy atom. The van der Waals surface area contributed by atoms with Crippen molar-refractivity contribution in [3.63, 3.8) is 0 Å². The van der Waals surface area contributed by atoms with Gasteiger partial charge in [0.2, 0.25) is 0 Å². The van der Waals surface area contributed by atoms with Crippen LogP contribution in [0.1, 0.15) is 16.8 Å². The lowest BCUT2D eigenvalue weighted by Crippen LogP contribution is -2.36. The van der Waals surface area contributed by atoms with Gasteiger partial charge in [-0.25, -0.2) is 8.42 Å². The first kappa shape index (κ1) is 15.1. The fraction of sp³-hybridized carbons (Fsp3) is 0.333. The smallest absolute Gasteiger partial charge is 0.253 e. The molecule has 0 saturated carbocycles. The predicted molar refractivity (Wildman–Crippen MR) is 81.4 cm³/mol. The van der Waals surface area contributed by atoms with E-state index in [1.54, 1.807) is 18.2 Å². The summed E-state index contributed by atoms with van der Waals surface area (Å²) >= 11 is 3.32. The first-order valence-corrected chi connectivity index (χ1v) is 9.10. The van der Waals surface area contributed by atoms with Crippen LogP contribution in [0.3, 0.4) is 0 Å². The normalized spacial score (nSPS) is 20.0. The quantitative estimate of drug-likeness (QED) is 0.816. The first-order valence-electron chi connectivity index (χ1n) is 6.49. The lowest BCUT2D eigenvalue weighted by Gasteiger charge is -2.13. The van der Waals surface area contributed by atoms with Gasteiger partial charge >= 0.3 is 0 Å². The van der Waals surface area contributed by atoms with E-state index in [1.165, 1.54) is 11.0 Å². The number of benzene rings is 1. The summed E-state index contributed by atoms with van der Waals surface area (Å²) in [4.78, 5) is 12.5. The summed E-state index contributed by atoms with van der Waals surface area (Å²) in [5.74, 6) is -0.266. The van der Waals surface area contributed by atoms with Crippen molar-refractivity contribution in [2.45, 2.75) is 12.5 Å². The van der Waals surface area contributed by atoms with Crippen molar-refractivity contribution in [3.05, 3.63) is 34.6 Å². The fourth-order valence-corrected chi connectivity index (χ4v) is 4.37. The number of carbonyl (C=O) groups is 1. The average molecular weight is 386 g/mol. The number of amides is 1. The molecule has 3 rings (SSSR count). The zero-order chi connectivity index (χ0) is 15.7. The number of nitrogens with zero attached hydrogens (tertiary/aromatic N) is 4. The van der Waals surface area contributed by atoms with Gasteiger partial charge in [-0.15, -0.1) is 5.10 Å². The molecule has 8 nitrogen and oxygen atoms in total. The molecule has 0 spiro atoms. The van der Waals surface area contributed by atoms with E-state index in [0.717, 1.165) is 4.47 Å². The second kappa shape index (κ2) is 5.76. The summed E-state index contributed by atoms with van der Waals surface area (Å²) in [6.07, 6.45) is 1.82. The van der Waals surface area contributed by atoms with Crippen LogP contribution in [0.15, 0.2) is 29.0 Å². The van der Waals surface area contributed by atoms with Crippen molar-refractivity contribution in [1.29, 1.82) is 0 Å². The number of hydrogen-bond donors (Lipinski definition) is 1. The molecule has 2 aromatic rings. The SMILES string of the molecule is O=C(N[C@@H]1CCS(=O)(=O)C1)c1cc(Br)ccc1-n1cnnn1. The number of nitrogens with one attached hydrogen (secondary N) is 1. The van der Waals surface area contributed by atoms with Crippen LogP contribution in [-0.2, 0) is 9.84 Å². The molecule has 0 unspecified atom stereocenters. The zero-order valence-corrected chi connectivity index (χ0v) is 13.7. The van der Waals surface area contributed by atoms with Gasteiger partial charge in [0.15, 0.2) is 9.84 Å². The minimum atomic E-state index is -3.05. The highest BCUT2D eigenvalue weighted by atomic mass is 79.9. The van der Waals surface area contributed by atoms with Crippen LogP contribution in [-0.4, -0.2) is 52.1 Å². The van der Waals surface area contributed by atoms with Gasteiger partial charge in [0.1, 0.15) is 6.33 Å². The van der Waals surface area contributed by atoms with Crippen molar-refractivity contribution in [2.24, 2.45) is 0 Å². The molecular weight excluding hydrogens is 374 g/mol. The van der Waals surface area contributed by atoms with Crippen molar-refractivity contribution in [1.82, 2.24) is 25.5 Å². The number of sulfone groups is 1. The molecular formula is C12H12BrN5O3S. The molecule has 0 aliphatic carbocycles. The van der Waals surface area contributed by atoms with Crippen LogP contribution in [0, 0.1) is 0 Å². The molecule has 10 heteroatoms. The number of rotatable bonds is 3. The van der Waals surface area contributed by atoms with Gasteiger partial charge in [-0.3, -0.25) is 4.79 Å². The number of tetrazole rings is 1. The van der Waals surface area contributed by atoms with E-state index < -0.39 is 9.84 Å². The van der Waals surface area contributed by atoms with Crippen molar-refractivity contribution >= 4 is 31.7 Å². The molecule has 1 aliphatic rings. The van der Waals surface area contributed by atoms with E-state index in [0.29, 0.717) is 17.7 Å². The van der Waals surface area contributed by atoms with E-state index in [4.69, 9.17) is 0 Å². The second-order valence-corrected chi connectivity index (χ2v) is 8.13. The monoisotopic (exact) mass is 385 g/mol. The first-order chi connectivity index (χ1) is 10.4. The molecule has 1 atom stereocenters. The Bertz CT molecular complexity index is 806. The van der Waals surface area contributed by atoms with Gasteiger partial charge in [0.25, 0.3) is 5.91 Å². The Kier molecular flexibility index (Phi) is 3.96. The molecule has 1 saturated heterocycles. The summed E-state index contributed by atoms with van der Waals surface area (Å²) in [6.45, 7) is 0. The highest BCUT2D eigenvalue weighted by Crippen LogP contribution is 2.20. The molecule has 1 aromatic heterocycles. The molecule has 1 fully saturated rings. The molecule has 1 amide bonds. The molecule has 2 heterocycles. The Labute approximate surface area is 134 Å². The summed E-state index contributed by atoms with van der Waals surface area (Å²) in [7, 11) is -3.05. The number of halogens is 1. The molecule has 22 heavy (non-hydrogen) atoms. The Morgan fingerprint density at radius 2 is 2.23 bits per heavy atom. The van der Waals surface area contributed by atoms with Gasteiger partial charge in [-0.1, -0.05) is 15.9 Å². The summed E-state index contributed by atoms with van der Waals surface area (Å²) in [5.41, 5.74) is 0.887. The van der Waals surface area contributed by atoms with Gasteiger partial charge in [0.05, 0.1) is 22.8 Å². The third-order valence-corrected chi connectivity index (χ3v) is 5.63. The van der Waals surface area contributed by atoms with E-state index >= 15 is 0 Å².